The number of nitrogens with one attached hydrogen (secondary N) is 1. The van der Waals surface area contributed by atoms with Crippen LogP contribution in [0.3, 0.4) is 0 Å². The molecule has 4 bridgehead atoms. The second-order valence-corrected chi connectivity index (χ2v) is 7.54. The molecule has 1 aromatic carbocycles. The number of rotatable bonds is 2. The molecule has 1 amide bonds. The number of ether oxygens (including phenoxy) is 1. The van der Waals surface area contributed by atoms with Gasteiger partial charge in [0.2, 0.25) is 5.91 Å². The van der Waals surface area contributed by atoms with E-state index in [2.05, 4.69) is 10.4 Å². The number of amides is 1. The third kappa shape index (κ3) is 3.63. The Morgan fingerprint density at radius 3 is 3.00 bits per heavy atom. The summed E-state index contributed by atoms with van der Waals surface area (Å²) in [5, 5.41) is 17.4. The lowest BCUT2D eigenvalue weighted by Crippen LogP contribution is -2.39. The molecule has 3 aromatic rings. The molecule has 0 atom stereocenters. The molecule has 1 aliphatic carbocycles. The van der Waals surface area contributed by atoms with E-state index in [1.807, 2.05) is 35.4 Å². The molecule has 0 spiro atoms. The molecule has 2 N–H and O–H groups in total. The minimum Gasteiger partial charge on any atom is -0.492 e. The number of benzene rings is 1. The Balaban J connectivity index is 1.54. The molecule has 8 heteroatoms. The fourth-order valence-corrected chi connectivity index (χ4v) is 3.68. The molecule has 2 aliphatic rings. The van der Waals surface area contributed by atoms with Crippen molar-refractivity contribution in [3.63, 3.8) is 0 Å². The monoisotopic (exact) mass is 393 g/mol. The average Bonchev–Trinajstić information content (AvgIpc) is 3.50. The summed E-state index contributed by atoms with van der Waals surface area (Å²) >= 11 is 0. The van der Waals surface area contributed by atoms with Crippen LogP contribution in [0.5, 0.6) is 5.75 Å². The lowest BCUT2D eigenvalue weighted by atomic mass is 10.1. The molecule has 1 saturated carbocycles. The van der Waals surface area contributed by atoms with Crippen molar-refractivity contribution in [3.05, 3.63) is 42.2 Å². The van der Waals surface area contributed by atoms with Crippen LogP contribution in [-0.2, 0) is 11.4 Å². The topological polar surface area (TPSA) is 92.0 Å². The maximum absolute atomic E-state index is 12.6. The minimum atomic E-state index is -0.0874. The third-order valence-corrected chi connectivity index (χ3v) is 5.39. The first-order chi connectivity index (χ1) is 14.2. The Kier molecular flexibility index (Phi) is 4.55. The highest BCUT2D eigenvalue weighted by atomic mass is 16.5. The summed E-state index contributed by atoms with van der Waals surface area (Å²) in [7, 11) is 0. The molecule has 3 heterocycles. The lowest BCUT2D eigenvalue weighted by molar-refractivity contribution is -0.132. The number of nitrogens with zero attached hydrogens (tertiary/aromatic N) is 4. The summed E-state index contributed by atoms with van der Waals surface area (Å²) in [6.45, 7) is 2.06. The molecule has 150 valence electrons. The van der Waals surface area contributed by atoms with Crippen LogP contribution in [0.2, 0.25) is 0 Å². The van der Waals surface area contributed by atoms with Gasteiger partial charge >= 0.3 is 0 Å². The quantitative estimate of drug-likeness (QED) is 0.691. The summed E-state index contributed by atoms with van der Waals surface area (Å²) in [5.41, 5.74) is 3.23. The van der Waals surface area contributed by atoms with Gasteiger partial charge in [0.15, 0.2) is 5.65 Å². The number of carbonyl (C=O) groups is 1. The van der Waals surface area contributed by atoms with Gasteiger partial charge in [-0.25, -0.2) is 9.50 Å². The Bertz CT molecular complexity index is 1060. The van der Waals surface area contributed by atoms with Crippen molar-refractivity contribution in [2.75, 3.05) is 31.6 Å². The molecule has 1 fully saturated rings. The van der Waals surface area contributed by atoms with Crippen LogP contribution < -0.4 is 10.1 Å². The maximum Gasteiger partial charge on any atom is 0.225 e. The molecule has 0 unspecified atom stereocenters. The van der Waals surface area contributed by atoms with Gasteiger partial charge in [0.1, 0.15) is 18.2 Å². The molecular weight excluding hydrogens is 370 g/mol. The van der Waals surface area contributed by atoms with E-state index in [1.165, 1.54) is 0 Å². The number of hydrogen-bond acceptors (Lipinski definition) is 6. The molecule has 2 aromatic heterocycles. The van der Waals surface area contributed by atoms with Crippen LogP contribution in [0.15, 0.2) is 36.7 Å². The molecule has 29 heavy (non-hydrogen) atoms. The van der Waals surface area contributed by atoms with Gasteiger partial charge in [0, 0.05) is 30.8 Å². The zero-order chi connectivity index (χ0) is 19.8. The van der Waals surface area contributed by atoms with Gasteiger partial charge in [-0.3, -0.25) is 4.79 Å². The number of aromatic nitrogens is 3. The number of fused-ring (bicyclic) bond motifs is 4. The first-order valence-electron chi connectivity index (χ1n) is 9.96. The predicted octanol–water partition coefficient (Wildman–Crippen LogP) is 1.93. The van der Waals surface area contributed by atoms with E-state index in [4.69, 9.17) is 9.72 Å². The van der Waals surface area contributed by atoms with Crippen molar-refractivity contribution in [1.82, 2.24) is 19.5 Å². The third-order valence-electron chi connectivity index (χ3n) is 5.39. The first kappa shape index (κ1) is 17.9. The minimum absolute atomic E-state index is 0.0874. The van der Waals surface area contributed by atoms with E-state index in [0.29, 0.717) is 32.0 Å². The Morgan fingerprint density at radius 2 is 2.17 bits per heavy atom. The number of anilines is 1. The van der Waals surface area contributed by atoms with Crippen molar-refractivity contribution < 1.29 is 14.6 Å². The summed E-state index contributed by atoms with van der Waals surface area (Å²) in [4.78, 5) is 19.2. The van der Waals surface area contributed by atoms with E-state index >= 15 is 0 Å². The highest BCUT2D eigenvalue weighted by molar-refractivity contribution is 5.81. The van der Waals surface area contributed by atoms with Crippen LogP contribution in [0, 0.1) is 5.92 Å². The summed E-state index contributed by atoms with van der Waals surface area (Å²) < 4.78 is 7.69. The highest BCUT2D eigenvalue weighted by Crippen LogP contribution is 2.32. The molecule has 5 rings (SSSR count). The fourth-order valence-electron chi connectivity index (χ4n) is 3.68. The van der Waals surface area contributed by atoms with E-state index in [1.54, 1.807) is 10.7 Å². The smallest absolute Gasteiger partial charge is 0.225 e. The molecule has 8 nitrogen and oxygen atoms in total. The molecular formula is C21H23N5O3. The zero-order valence-corrected chi connectivity index (χ0v) is 16.0. The molecule has 0 saturated heterocycles. The van der Waals surface area contributed by atoms with Crippen molar-refractivity contribution >= 4 is 17.4 Å². The summed E-state index contributed by atoms with van der Waals surface area (Å²) in [6, 6.07) is 7.55. The fraction of sp³-hybridized carbons (Fsp3) is 0.381. The second kappa shape index (κ2) is 7.36. The number of aliphatic hydroxyl groups excluding tert-OH is 1. The molecule has 1 aliphatic heterocycles. The number of hydrogen-bond donors (Lipinski definition) is 2. The Labute approximate surface area is 168 Å². The zero-order valence-electron chi connectivity index (χ0n) is 16.0. The highest BCUT2D eigenvalue weighted by Gasteiger charge is 2.33. The van der Waals surface area contributed by atoms with E-state index in [-0.39, 0.29) is 18.4 Å². The van der Waals surface area contributed by atoms with Gasteiger partial charge in [-0.05, 0) is 48.2 Å². The first-order valence-corrected chi connectivity index (χ1v) is 9.96. The largest absolute Gasteiger partial charge is 0.492 e. The molecule has 0 radical (unpaired) electrons. The van der Waals surface area contributed by atoms with E-state index in [0.717, 1.165) is 41.0 Å². The normalized spacial score (nSPS) is 16.9. The van der Waals surface area contributed by atoms with Gasteiger partial charge in [0.05, 0.1) is 19.3 Å². The van der Waals surface area contributed by atoms with Crippen molar-refractivity contribution in [2.24, 2.45) is 5.92 Å². The maximum atomic E-state index is 12.6. The van der Waals surface area contributed by atoms with Crippen LogP contribution in [-0.4, -0.2) is 56.8 Å². The number of aliphatic hydroxyl groups is 1. The Hall–Kier alpha value is -3.13. The van der Waals surface area contributed by atoms with Crippen molar-refractivity contribution in [3.8, 4) is 16.9 Å². The van der Waals surface area contributed by atoms with Crippen molar-refractivity contribution in [1.29, 1.82) is 0 Å². The van der Waals surface area contributed by atoms with Crippen LogP contribution in [0.1, 0.15) is 18.4 Å². The van der Waals surface area contributed by atoms with Gasteiger partial charge in [0.25, 0.3) is 0 Å². The lowest BCUT2D eigenvalue weighted by Gasteiger charge is -2.23. The standard InChI is InChI=1S/C21H23N5O3/c27-13-14-9-16-11-17(10-14)29-8-7-25(21(28)15-1-2-15)6-4-22-19-3-5-26-20(24-19)18(16)12-23-26/h3,5,9-12,15,27H,1-2,4,6-8,13H2,(H,22,24). The second-order valence-electron chi connectivity index (χ2n) is 7.54. The van der Waals surface area contributed by atoms with E-state index in [9.17, 15) is 9.90 Å². The summed E-state index contributed by atoms with van der Waals surface area (Å²) in [6.07, 6.45) is 5.59. The SMILES string of the molecule is O=C(C1CC1)N1CCNc2ccn3ncc(c3n2)-c2cc(CO)cc(c2)OCC1. The number of carbonyl (C=O) groups excluding carboxylic acids is 1. The van der Waals surface area contributed by atoms with Gasteiger partial charge in [-0.1, -0.05) is 0 Å². The van der Waals surface area contributed by atoms with Crippen LogP contribution in [0.25, 0.3) is 16.8 Å². The summed E-state index contributed by atoms with van der Waals surface area (Å²) in [5.74, 6) is 1.77. The van der Waals surface area contributed by atoms with Crippen molar-refractivity contribution in [2.45, 2.75) is 19.4 Å². The average molecular weight is 393 g/mol. The van der Waals surface area contributed by atoms with Gasteiger partial charge in [-0.15, -0.1) is 0 Å². The van der Waals surface area contributed by atoms with Gasteiger partial charge in [-0.2, -0.15) is 5.10 Å². The van der Waals surface area contributed by atoms with Crippen LogP contribution >= 0.6 is 0 Å². The van der Waals surface area contributed by atoms with Gasteiger partial charge < -0.3 is 20.1 Å². The Morgan fingerprint density at radius 1 is 1.28 bits per heavy atom. The predicted molar refractivity (Wildman–Crippen MR) is 108 cm³/mol. The van der Waals surface area contributed by atoms with Crippen LogP contribution in [0.4, 0.5) is 5.82 Å². The van der Waals surface area contributed by atoms with E-state index < -0.39 is 0 Å².